The molecule has 1 N–H and O–H groups in total. The van der Waals surface area contributed by atoms with Crippen LogP contribution in [0.15, 0.2) is 48.5 Å². The van der Waals surface area contributed by atoms with Gasteiger partial charge in [-0.05, 0) is 61.4 Å². The van der Waals surface area contributed by atoms with Crippen molar-refractivity contribution < 1.29 is 27.5 Å². The maximum absolute atomic E-state index is 12.5. The topological polar surface area (TPSA) is 58.6 Å². The Kier molecular flexibility index (Phi) is 5.87. The zero-order valence-electron chi connectivity index (χ0n) is 15.0. The van der Waals surface area contributed by atoms with Crippen molar-refractivity contribution in [2.24, 2.45) is 0 Å². The van der Waals surface area contributed by atoms with Gasteiger partial charge in [-0.1, -0.05) is 0 Å². The minimum atomic E-state index is -4.48. The standard InChI is InChI=1S/C20H19F3N2O3/c21-20(22,23)15-5-3-14(4-6-15)19(27)28-13-18(26)24-16-7-9-17(10-8-16)25-11-1-2-12-25/h3-10H,1-2,11-13H2,(H,24,26). The molecule has 0 aromatic heterocycles. The number of esters is 1. The maximum atomic E-state index is 12.5. The molecular formula is C20H19F3N2O3. The van der Waals surface area contributed by atoms with E-state index in [2.05, 4.69) is 10.2 Å². The van der Waals surface area contributed by atoms with Gasteiger partial charge in [0.2, 0.25) is 0 Å². The third-order valence-corrected chi connectivity index (χ3v) is 4.40. The van der Waals surface area contributed by atoms with E-state index < -0.39 is 30.2 Å². The average Bonchev–Trinajstić information content (AvgIpc) is 3.21. The van der Waals surface area contributed by atoms with Crippen LogP contribution in [0.4, 0.5) is 24.5 Å². The molecule has 0 spiro atoms. The fourth-order valence-corrected chi connectivity index (χ4v) is 2.94. The summed E-state index contributed by atoms with van der Waals surface area (Å²) >= 11 is 0. The molecule has 1 fully saturated rings. The zero-order valence-corrected chi connectivity index (χ0v) is 15.0. The van der Waals surface area contributed by atoms with E-state index in [9.17, 15) is 22.8 Å². The van der Waals surface area contributed by atoms with Crippen molar-refractivity contribution in [1.82, 2.24) is 0 Å². The Morgan fingerprint density at radius 2 is 1.57 bits per heavy atom. The number of hydrogen-bond donors (Lipinski definition) is 1. The number of nitrogens with one attached hydrogen (secondary N) is 1. The highest BCUT2D eigenvalue weighted by atomic mass is 19.4. The molecule has 3 rings (SSSR count). The van der Waals surface area contributed by atoms with Gasteiger partial charge in [-0.3, -0.25) is 4.79 Å². The van der Waals surface area contributed by atoms with E-state index in [0.29, 0.717) is 5.69 Å². The summed E-state index contributed by atoms with van der Waals surface area (Å²) in [5, 5.41) is 2.61. The van der Waals surface area contributed by atoms with Crippen molar-refractivity contribution in [1.29, 1.82) is 0 Å². The van der Waals surface area contributed by atoms with Gasteiger partial charge >= 0.3 is 12.1 Å². The number of alkyl halides is 3. The molecule has 2 aromatic rings. The Hall–Kier alpha value is -3.03. The van der Waals surface area contributed by atoms with Crippen molar-refractivity contribution in [3.05, 3.63) is 59.7 Å². The van der Waals surface area contributed by atoms with Crippen LogP contribution in [0.5, 0.6) is 0 Å². The summed E-state index contributed by atoms with van der Waals surface area (Å²) in [5.74, 6) is -1.40. The van der Waals surface area contributed by atoms with Crippen LogP contribution < -0.4 is 10.2 Å². The summed E-state index contributed by atoms with van der Waals surface area (Å²) in [6, 6.07) is 11.0. The van der Waals surface area contributed by atoms with Crippen LogP contribution in [0.1, 0.15) is 28.8 Å². The van der Waals surface area contributed by atoms with Gasteiger partial charge in [0.25, 0.3) is 5.91 Å². The number of carbonyl (C=O) groups excluding carboxylic acids is 2. The van der Waals surface area contributed by atoms with Crippen LogP contribution in [0, 0.1) is 0 Å². The summed E-state index contributed by atoms with van der Waals surface area (Å²) in [5.41, 5.74) is 0.734. The van der Waals surface area contributed by atoms with E-state index in [0.717, 1.165) is 43.0 Å². The molecule has 5 nitrogen and oxygen atoms in total. The van der Waals surface area contributed by atoms with Crippen LogP contribution in [0.3, 0.4) is 0 Å². The predicted molar refractivity (Wildman–Crippen MR) is 98.2 cm³/mol. The molecule has 0 unspecified atom stereocenters. The van der Waals surface area contributed by atoms with Crippen molar-refractivity contribution in [3.63, 3.8) is 0 Å². The Morgan fingerprint density at radius 3 is 2.14 bits per heavy atom. The van der Waals surface area contributed by atoms with E-state index in [1.165, 1.54) is 12.8 Å². The number of carbonyl (C=O) groups is 2. The number of benzene rings is 2. The van der Waals surface area contributed by atoms with Crippen molar-refractivity contribution >= 4 is 23.3 Å². The smallest absolute Gasteiger partial charge is 0.416 e. The summed E-state index contributed by atoms with van der Waals surface area (Å²) in [7, 11) is 0. The lowest BCUT2D eigenvalue weighted by atomic mass is 10.1. The molecule has 1 aliphatic heterocycles. The predicted octanol–water partition coefficient (Wildman–Crippen LogP) is 4.10. The fourth-order valence-electron chi connectivity index (χ4n) is 2.94. The van der Waals surface area contributed by atoms with Crippen molar-refractivity contribution in [3.8, 4) is 0 Å². The number of ether oxygens (including phenoxy) is 1. The van der Waals surface area contributed by atoms with E-state index >= 15 is 0 Å². The Bertz CT molecular complexity index is 827. The highest BCUT2D eigenvalue weighted by Gasteiger charge is 2.30. The lowest BCUT2D eigenvalue weighted by Crippen LogP contribution is -2.21. The quantitative estimate of drug-likeness (QED) is 0.779. The number of hydrogen-bond acceptors (Lipinski definition) is 4. The molecule has 1 saturated heterocycles. The molecule has 1 aliphatic rings. The molecule has 1 amide bonds. The lowest BCUT2D eigenvalue weighted by Gasteiger charge is -2.17. The summed E-state index contributed by atoms with van der Waals surface area (Å²) in [6.07, 6.45) is -2.14. The fraction of sp³-hybridized carbons (Fsp3) is 0.300. The van der Waals surface area contributed by atoms with Crippen LogP contribution >= 0.6 is 0 Å². The van der Waals surface area contributed by atoms with Gasteiger partial charge in [0.05, 0.1) is 11.1 Å². The number of nitrogens with zero attached hydrogens (tertiary/aromatic N) is 1. The third kappa shape index (κ3) is 5.03. The van der Waals surface area contributed by atoms with Gasteiger partial charge in [0.1, 0.15) is 0 Å². The highest BCUT2D eigenvalue weighted by Crippen LogP contribution is 2.29. The van der Waals surface area contributed by atoms with Crippen molar-refractivity contribution in [2.75, 3.05) is 29.9 Å². The molecule has 0 aliphatic carbocycles. The van der Waals surface area contributed by atoms with Gasteiger partial charge in [-0.15, -0.1) is 0 Å². The molecule has 0 saturated carbocycles. The number of amides is 1. The third-order valence-electron chi connectivity index (χ3n) is 4.40. The number of halogens is 3. The SMILES string of the molecule is O=C(COC(=O)c1ccc(C(F)(F)F)cc1)Nc1ccc(N2CCCC2)cc1. The molecule has 148 valence electrons. The number of anilines is 2. The van der Waals surface area contributed by atoms with Crippen LogP contribution in [-0.4, -0.2) is 31.6 Å². The first-order valence-corrected chi connectivity index (χ1v) is 8.82. The van der Waals surface area contributed by atoms with E-state index in [-0.39, 0.29) is 5.56 Å². The molecule has 8 heteroatoms. The second-order valence-electron chi connectivity index (χ2n) is 6.44. The van der Waals surface area contributed by atoms with Crippen LogP contribution in [0.2, 0.25) is 0 Å². The molecule has 0 atom stereocenters. The Balaban J connectivity index is 1.49. The molecule has 1 heterocycles. The minimum Gasteiger partial charge on any atom is -0.452 e. The molecule has 2 aromatic carbocycles. The molecule has 0 radical (unpaired) electrons. The average molecular weight is 392 g/mol. The normalized spacial score (nSPS) is 14.0. The van der Waals surface area contributed by atoms with Crippen molar-refractivity contribution in [2.45, 2.75) is 19.0 Å². The summed E-state index contributed by atoms with van der Waals surface area (Å²) in [4.78, 5) is 26.1. The number of rotatable bonds is 5. The van der Waals surface area contributed by atoms with E-state index in [1.54, 1.807) is 12.1 Å². The molecule has 0 bridgehead atoms. The van der Waals surface area contributed by atoms with Gasteiger partial charge in [-0.25, -0.2) is 4.79 Å². The Labute approximate surface area is 160 Å². The van der Waals surface area contributed by atoms with Crippen LogP contribution in [-0.2, 0) is 15.7 Å². The Morgan fingerprint density at radius 1 is 0.964 bits per heavy atom. The molecule has 28 heavy (non-hydrogen) atoms. The van der Waals surface area contributed by atoms with E-state index in [4.69, 9.17) is 4.74 Å². The monoisotopic (exact) mass is 392 g/mol. The largest absolute Gasteiger partial charge is 0.452 e. The lowest BCUT2D eigenvalue weighted by molar-refractivity contribution is -0.137. The summed E-state index contributed by atoms with van der Waals surface area (Å²) in [6.45, 7) is 1.50. The van der Waals surface area contributed by atoms with E-state index in [1.807, 2.05) is 12.1 Å². The summed E-state index contributed by atoms with van der Waals surface area (Å²) < 4.78 is 42.4. The molecular weight excluding hydrogens is 373 g/mol. The second-order valence-corrected chi connectivity index (χ2v) is 6.44. The van der Waals surface area contributed by atoms with Gasteiger partial charge < -0.3 is 15.0 Å². The minimum absolute atomic E-state index is 0.0595. The zero-order chi connectivity index (χ0) is 20.1. The van der Waals surface area contributed by atoms with Gasteiger partial charge in [0.15, 0.2) is 6.61 Å². The van der Waals surface area contributed by atoms with Gasteiger partial charge in [0, 0.05) is 24.5 Å². The second kappa shape index (κ2) is 8.33. The first kappa shape index (κ1) is 19.7. The first-order chi connectivity index (χ1) is 13.3. The van der Waals surface area contributed by atoms with Gasteiger partial charge in [-0.2, -0.15) is 13.2 Å². The highest BCUT2D eigenvalue weighted by molar-refractivity contribution is 5.95. The first-order valence-electron chi connectivity index (χ1n) is 8.82. The maximum Gasteiger partial charge on any atom is 0.416 e. The van der Waals surface area contributed by atoms with Crippen LogP contribution in [0.25, 0.3) is 0 Å².